The van der Waals surface area contributed by atoms with Crippen molar-refractivity contribution in [2.45, 2.75) is 0 Å². The average molecular weight is 326 g/mol. The summed E-state index contributed by atoms with van der Waals surface area (Å²) in [4.78, 5) is 22.8. The Morgan fingerprint density at radius 1 is 1.18 bits per heavy atom. The Balaban J connectivity index is 1.68. The molecule has 1 amide bonds. The van der Waals surface area contributed by atoms with Gasteiger partial charge in [-0.05, 0) is 23.6 Å². The van der Waals surface area contributed by atoms with Gasteiger partial charge < -0.3 is 5.32 Å². The van der Waals surface area contributed by atoms with Crippen LogP contribution in [-0.4, -0.2) is 20.3 Å². The Morgan fingerprint density at radius 2 is 2.05 bits per heavy atom. The number of amides is 1. The molecule has 108 valence electrons. The number of nitrogens with zero attached hydrogens (tertiary/aromatic N) is 3. The molecule has 0 radical (unpaired) electrons. The maximum absolute atomic E-state index is 12.4. The van der Waals surface area contributed by atoms with Crippen molar-refractivity contribution >= 4 is 39.2 Å². The number of aromatic nitrogens is 3. The van der Waals surface area contributed by atoms with E-state index in [1.807, 2.05) is 33.5 Å². The second-order valence-corrected chi connectivity index (χ2v) is 6.35. The normalized spacial score (nSPS) is 10.9. The average Bonchev–Trinajstić information content (AvgIpc) is 3.24. The van der Waals surface area contributed by atoms with Gasteiger partial charge in [0.25, 0.3) is 5.91 Å². The number of rotatable bonds is 3. The Morgan fingerprint density at radius 3 is 2.82 bits per heavy atom. The summed E-state index contributed by atoms with van der Waals surface area (Å²) in [5.41, 5.74) is 2.19. The van der Waals surface area contributed by atoms with Crippen LogP contribution in [0.2, 0.25) is 0 Å². The molecule has 4 aromatic rings. The maximum Gasteiger partial charge on any atom is 0.273 e. The van der Waals surface area contributed by atoms with Crippen LogP contribution in [-0.2, 0) is 0 Å². The van der Waals surface area contributed by atoms with Gasteiger partial charge in [0.2, 0.25) is 0 Å². The first-order valence-electron chi connectivity index (χ1n) is 6.53. The molecule has 1 N–H and O–H groups in total. The Bertz CT molecular complexity index is 925. The molecule has 0 unspecified atom stereocenters. The smallest absolute Gasteiger partial charge is 0.273 e. The number of imidazole rings is 1. The zero-order chi connectivity index (χ0) is 14.9. The zero-order valence-electron chi connectivity index (χ0n) is 11.3. The van der Waals surface area contributed by atoms with Crippen molar-refractivity contribution in [3.05, 3.63) is 59.3 Å². The highest BCUT2D eigenvalue weighted by molar-refractivity contribution is 7.15. The van der Waals surface area contributed by atoms with E-state index < -0.39 is 0 Å². The molecule has 0 aliphatic carbocycles. The third-order valence-electron chi connectivity index (χ3n) is 3.15. The highest BCUT2D eigenvalue weighted by atomic mass is 32.1. The van der Waals surface area contributed by atoms with E-state index in [2.05, 4.69) is 15.3 Å². The summed E-state index contributed by atoms with van der Waals surface area (Å²) in [5, 5.41) is 6.69. The van der Waals surface area contributed by atoms with Crippen LogP contribution in [0.3, 0.4) is 0 Å². The summed E-state index contributed by atoms with van der Waals surface area (Å²) in [6, 6.07) is 7.53. The number of fused-ring (bicyclic) bond motifs is 1. The molecule has 0 bridgehead atoms. The molecule has 0 atom stereocenters. The molecule has 0 saturated heterocycles. The van der Waals surface area contributed by atoms with E-state index in [1.165, 1.54) is 11.3 Å². The lowest BCUT2D eigenvalue weighted by atomic mass is 10.3. The molecule has 0 aromatic carbocycles. The van der Waals surface area contributed by atoms with Crippen molar-refractivity contribution < 1.29 is 4.79 Å². The van der Waals surface area contributed by atoms with Crippen molar-refractivity contribution in [1.82, 2.24) is 14.4 Å². The zero-order valence-corrected chi connectivity index (χ0v) is 12.9. The minimum absolute atomic E-state index is 0.160. The molecule has 0 aliphatic rings. The minimum atomic E-state index is -0.160. The van der Waals surface area contributed by atoms with Crippen molar-refractivity contribution in [2.75, 3.05) is 5.32 Å². The number of hydrogen-bond donors (Lipinski definition) is 1. The summed E-state index contributed by atoms with van der Waals surface area (Å²) in [5.74, 6) is -0.160. The van der Waals surface area contributed by atoms with Crippen LogP contribution in [0.5, 0.6) is 0 Å². The summed E-state index contributed by atoms with van der Waals surface area (Å²) in [6.07, 6.45) is 5.19. The lowest BCUT2D eigenvalue weighted by Crippen LogP contribution is -2.13. The lowest BCUT2D eigenvalue weighted by molar-refractivity contribution is 0.102. The van der Waals surface area contributed by atoms with E-state index in [-0.39, 0.29) is 5.91 Å². The number of thiophene rings is 1. The Labute approximate surface area is 133 Å². The van der Waals surface area contributed by atoms with E-state index in [9.17, 15) is 4.79 Å². The van der Waals surface area contributed by atoms with Gasteiger partial charge >= 0.3 is 0 Å². The van der Waals surface area contributed by atoms with E-state index in [4.69, 9.17) is 0 Å². The van der Waals surface area contributed by atoms with Crippen LogP contribution >= 0.6 is 22.7 Å². The fourth-order valence-corrected chi connectivity index (χ4v) is 3.65. The number of carbonyl (C=O) groups is 1. The summed E-state index contributed by atoms with van der Waals surface area (Å²) >= 11 is 3.09. The van der Waals surface area contributed by atoms with E-state index >= 15 is 0 Å². The van der Waals surface area contributed by atoms with E-state index in [1.54, 1.807) is 35.9 Å². The third-order valence-corrected chi connectivity index (χ3v) is 4.89. The second-order valence-electron chi connectivity index (χ2n) is 4.57. The fraction of sp³-hybridized carbons (Fsp3) is 0. The van der Waals surface area contributed by atoms with Crippen LogP contribution in [0.1, 0.15) is 10.5 Å². The SMILES string of the molecule is O=C(Nc1ccncc1)c1csc2nc(-c3cccs3)cn12. The number of carbonyl (C=O) groups excluding carboxylic acids is 1. The molecular formula is C15H10N4OS2. The molecule has 4 heterocycles. The molecule has 0 saturated carbocycles. The molecular weight excluding hydrogens is 316 g/mol. The molecule has 0 fully saturated rings. The van der Waals surface area contributed by atoms with Crippen LogP contribution in [0.15, 0.2) is 53.6 Å². The predicted octanol–water partition coefficient (Wildman–Crippen LogP) is 3.77. The van der Waals surface area contributed by atoms with Gasteiger partial charge in [-0.15, -0.1) is 22.7 Å². The predicted molar refractivity (Wildman–Crippen MR) is 88.6 cm³/mol. The van der Waals surface area contributed by atoms with Gasteiger partial charge in [-0.25, -0.2) is 4.98 Å². The summed E-state index contributed by atoms with van der Waals surface area (Å²) in [7, 11) is 0. The molecule has 4 rings (SSSR count). The van der Waals surface area contributed by atoms with E-state index in [0.717, 1.165) is 21.2 Å². The van der Waals surface area contributed by atoms with Gasteiger partial charge in [0, 0.05) is 29.7 Å². The topological polar surface area (TPSA) is 59.3 Å². The van der Waals surface area contributed by atoms with Crippen LogP contribution in [0, 0.1) is 0 Å². The van der Waals surface area contributed by atoms with Gasteiger partial charge in [0.05, 0.1) is 4.88 Å². The fourth-order valence-electron chi connectivity index (χ4n) is 2.12. The van der Waals surface area contributed by atoms with Gasteiger partial charge in [-0.3, -0.25) is 14.2 Å². The number of anilines is 1. The van der Waals surface area contributed by atoms with Crippen molar-refractivity contribution in [3.63, 3.8) is 0 Å². The van der Waals surface area contributed by atoms with Crippen LogP contribution < -0.4 is 5.32 Å². The number of nitrogens with one attached hydrogen (secondary N) is 1. The first kappa shape index (κ1) is 13.2. The molecule has 0 aliphatic heterocycles. The van der Waals surface area contributed by atoms with Crippen LogP contribution in [0.25, 0.3) is 15.5 Å². The monoisotopic (exact) mass is 326 g/mol. The molecule has 7 heteroatoms. The van der Waals surface area contributed by atoms with Crippen molar-refractivity contribution in [1.29, 1.82) is 0 Å². The first-order valence-corrected chi connectivity index (χ1v) is 8.29. The highest BCUT2D eigenvalue weighted by Gasteiger charge is 2.15. The molecule has 22 heavy (non-hydrogen) atoms. The minimum Gasteiger partial charge on any atom is -0.321 e. The van der Waals surface area contributed by atoms with Crippen molar-refractivity contribution in [3.8, 4) is 10.6 Å². The number of pyridine rings is 1. The van der Waals surface area contributed by atoms with Gasteiger partial charge in [-0.1, -0.05) is 6.07 Å². The molecule has 4 aromatic heterocycles. The second kappa shape index (κ2) is 5.36. The Kier molecular flexibility index (Phi) is 3.21. The number of thiazole rings is 1. The standard InChI is InChI=1S/C15H10N4OS2/c20-14(17-10-3-5-16-6-4-10)12-9-22-15-18-11(8-19(12)15)13-2-1-7-21-13/h1-9H,(H,16,17,20). The first-order chi connectivity index (χ1) is 10.8. The maximum atomic E-state index is 12.4. The highest BCUT2D eigenvalue weighted by Crippen LogP contribution is 2.27. The van der Waals surface area contributed by atoms with Gasteiger partial charge in [-0.2, -0.15) is 0 Å². The Hall–Kier alpha value is -2.51. The summed E-state index contributed by atoms with van der Waals surface area (Å²) in [6.45, 7) is 0. The largest absolute Gasteiger partial charge is 0.321 e. The molecule has 5 nitrogen and oxygen atoms in total. The van der Waals surface area contributed by atoms with Gasteiger partial charge in [0.15, 0.2) is 4.96 Å². The van der Waals surface area contributed by atoms with Crippen LogP contribution in [0.4, 0.5) is 5.69 Å². The number of hydrogen-bond acceptors (Lipinski definition) is 5. The third kappa shape index (κ3) is 2.30. The van der Waals surface area contributed by atoms with Crippen molar-refractivity contribution in [2.24, 2.45) is 0 Å². The van der Waals surface area contributed by atoms with E-state index in [0.29, 0.717) is 5.69 Å². The summed E-state index contributed by atoms with van der Waals surface area (Å²) < 4.78 is 1.83. The lowest BCUT2D eigenvalue weighted by Gasteiger charge is -2.03. The molecule has 0 spiro atoms. The van der Waals surface area contributed by atoms with Gasteiger partial charge in [0.1, 0.15) is 11.4 Å². The quantitative estimate of drug-likeness (QED) is 0.623.